The summed E-state index contributed by atoms with van der Waals surface area (Å²) in [6.45, 7) is 9.71. The molecular weight excluding hydrogens is 515 g/mol. The summed E-state index contributed by atoms with van der Waals surface area (Å²) in [5.74, 6) is 0.137. The molecule has 0 bridgehead atoms. The third-order valence-corrected chi connectivity index (χ3v) is 7.13. The van der Waals surface area contributed by atoms with Crippen LogP contribution in [-0.2, 0) is 6.61 Å². The Kier molecular flexibility index (Phi) is 9.07. The topological polar surface area (TPSA) is 96.0 Å². The molecule has 11 heteroatoms. The number of H-pyrrole nitrogens is 1. The Morgan fingerprint density at radius 3 is 2.81 bits per heavy atom. The molecular formula is C26H30ClFN6O2S. The molecule has 0 spiro atoms. The molecule has 0 aliphatic rings. The minimum atomic E-state index is -0.534. The van der Waals surface area contributed by atoms with Crippen LogP contribution in [0.2, 0.25) is 5.02 Å². The van der Waals surface area contributed by atoms with E-state index in [1.807, 2.05) is 5.38 Å². The fraction of sp³-hybridized carbons (Fsp3) is 0.385. The molecule has 0 amide bonds. The van der Waals surface area contributed by atoms with Gasteiger partial charge in [0.15, 0.2) is 5.13 Å². The normalized spacial score (nSPS) is 12.3. The molecule has 8 nitrogen and oxygen atoms in total. The number of halogens is 2. The number of thiazole rings is 1. The van der Waals surface area contributed by atoms with E-state index >= 15 is 0 Å². The lowest BCUT2D eigenvalue weighted by molar-refractivity contribution is 0.295. The third kappa shape index (κ3) is 6.82. The second-order valence-corrected chi connectivity index (χ2v) is 9.95. The van der Waals surface area contributed by atoms with Crippen molar-refractivity contribution in [1.29, 1.82) is 0 Å². The highest BCUT2D eigenvalue weighted by atomic mass is 35.5. The molecule has 1 unspecified atom stereocenters. The number of hydrogen-bond acceptors (Lipinski definition) is 8. The molecule has 1 aromatic carbocycles. The molecule has 37 heavy (non-hydrogen) atoms. The summed E-state index contributed by atoms with van der Waals surface area (Å²) in [7, 11) is 0. The van der Waals surface area contributed by atoms with Crippen LogP contribution in [0.15, 0.2) is 40.6 Å². The largest absolute Gasteiger partial charge is 0.486 e. The Bertz CT molecular complexity index is 1410. The zero-order chi connectivity index (χ0) is 26.4. The van der Waals surface area contributed by atoms with Gasteiger partial charge in [-0.3, -0.25) is 9.78 Å². The molecule has 4 aromatic rings. The van der Waals surface area contributed by atoms with E-state index in [1.54, 1.807) is 12.3 Å². The number of nitrogens with one attached hydrogen (secondary N) is 2. The molecule has 0 radical (unpaired) electrons. The van der Waals surface area contributed by atoms with Gasteiger partial charge in [0.25, 0.3) is 5.56 Å². The first-order valence-corrected chi connectivity index (χ1v) is 13.5. The number of anilines is 1. The summed E-state index contributed by atoms with van der Waals surface area (Å²) >= 11 is 7.31. The average molecular weight is 545 g/mol. The Morgan fingerprint density at radius 1 is 1.24 bits per heavy atom. The molecule has 0 saturated carbocycles. The van der Waals surface area contributed by atoms with Gasteiger partial charge in [-0.15, -0.1) is 11.3 Å². The number of ether oxygens (including phenoxy) is 1. The zero-order valence-electron chi connectivity index (χ0n) is 21.1. The molecule has 0 aliphatic carbocycles. The van der Waals surface area contributed by atoms with E-state index in [0.717, 1.165) is 37.6 Å². The first-order chi connectivity index (χ1) is 17.9. The summed E-state index contributed by atoms with van der Waals surface area (Å²) < 4.78 is 19.1. The highest BCUT2D eigenvalue weighted by Crippen LogP contribution is 2.28. The average Bonchev–Trinajstić information content (AvgIpc) is 3.35. The van der Waals surface area contributed by atoms with E-state index in [0.29, 0.717) is 33.9 Å². The van der Waals surface area contributed by atoms with Crippen LogP contribution in [0.25, 0.3) is 22.3 Å². The molecule has 0 fully saturated rings. The third-order valence-electron chi connectivity index (χ3n) is 6.06. The van der Waals surface area contributed by atoms with Gasteiger partial charge in [0.1, 0.15) is 40.9 Å². The van der Waals surface area contributed by atoms with Crippen molar-refractivity contribution in [2.24, 2.45) is 0 Å². The van der Waals surface area contributed by atoms with Crippen LogP contribution in [-0.4, -0.2) is 50.5 Å². The SMILES string of the molecule is CCN(CC)CCCC(C)Nc1nc(-c2nccc3c(=O)[nH]c(COc4ccc(F)c(Cl)c4)nc23)cs1. The number of pyridine rings is 1. The highest BCUT2D eigenvalue weighted by Gasteiger charge is 2.15. The van der Waals surface area contributed by atoms with E-state index < -0.39 is 5.82 Å². The minimum absolute atomic E-state index is 0.0314. The molecule has 2 N–H and O–H groups in total. The highest BCUT2D eigenvalue weighted by molar-refractivity contribution is 7.14. The van der Waals surface area contributed by atoms with Crippen molar-refractivity contribution in [2.45, 2.75) is 46.3 Å². The summed E-state index contributed by atoms with van der Waals surface area (Å²) in [5, 5.41) is 6.54. The van der Waals surface area contributed by atoms with E-state index in [2.05, 4.69) is 45.9 Å². The fourth-order valence-corrected chi connectivity index (χ4v) is 4.96. The van der Waals surface area contributed by atoms with E-state index in [4.69, 9.17) is 21.3 Å². The first kappa shape index (κ1) is 27.0. The molecule has 3 aromatic heterocycles. The lowest BCUT2D eigenvalue weighted by Crippen LogP contribution is -2.25. The number of hydrogen-bond donors (Lipinski definition) is 2. The van der Waals surface area contributed by atoms with E-state index in [1.165, 1.54) is 29.5 Å². The van der Waals surface area contributed by atoms with E-state index in [-0.39, 0.29) is 23.2 Å². The van der Waals surface area contributed by atoms with Gasteiger partial charge >= 0.3 is 0 Å². The maximum Gasteiger partial charge on any atom is 0.258 e. The van der Waals surface area contributed by atoms with Crippen molar-refractivity contribution in [1.82, 2.24) is 24.8 Å². The van der Waals surface area contributed by atoms with Crippen LogP contribution >= 0.6 is 22.9 Å². The molecule has 3 heterocycles. The first-order valence-electron chi connectivity index (χ1n) is 12.3. The Balaban J connectivity index is 1.49. The fourth-order valence-electron chi connectivity index (χ4n) is 3.98. The van der Waals surface area contributed by atoms with Gasteiger partial charge in [0, 0.05) is 23.7 Å². The second-order valence-electron chi connectivity index (χ2n) is 8.69. The van der Waals surface area contributed by atoms with Crippen LogP contribution in [0, 0.1) is 5.82 Å². The molecule has 0 aliphatic heterocycles. The smallest absolute Gasteiger partial charge is 0.258 e. The van der Waals surface area contributed by atoms with Crippen molar-refractivity contribution in [2.75, 3.05) is 25.0 Å². The van der Waals surface area contributed by atoms with Gasteiger partial charge in [-0.1, -0.05) is 25.4 Å². The van der Waals surface area contributed by atoms with Crippen molar-refractivity contribution in [3.05, 3.63) is 62.9 Å². The number of aromatic amines is 1. The van der Waals surface area contributed by atoms with Gasteiger partial charge in [-0.2, -0.15) is 0 Å². The standard InChI is InChI=1S/C26H30ClFN6O2S/c1-4-34(5-2)12-6-7-16(3)30-26-31-21(15-37-26)24-23-18(10-11-29-24)25(35)33-22(32-23)14-36-17-8-9-20(28)19(27)13-17/h8-11,13,15-16H,4-7,12,14H2,1-3H3,(H,30,31)(H,32,33,35). The summed E-state index contributed by atoms with van der Waals surface area (Å²) in [6, 6.07) is 5.95. The van der Waals surface area contributed by atoms with Gasteiger partial charge in [-0.05, 0) is 57.6 Å². The van der Waals surface area contributed by atoms with Crippen molar-refractivity contribution in [3.63, 3.8) is 0 Å². The lowest BCUT2D eigenvalue weighted by atomic mass is 10.2. The predicted octanol–water partition coefficient (Wildman–Crippen LogP) is 5.74. The van der Waals surface area contributed by atoms with Gasteiger partial charge < -0.3 is 19.9 Å². The lowest BCUT2D eigenvalue weighted by Gasteiger charge is -2.19. The monoisotopic (exact) mass is 544 g/mol. The Labute approximate surface area is 223 Å². The maximum absolute atomic E-state index is 13.4. The Hall–Kier alpha value is -3.08. The molecule has 1 atom stereocenters. The quantitative estimate of drug-likeness (QED) is 0.235. The molecule has 4 rings (SSSR count). The maximum atomic E-state index is 13.4. The summed E-state index contributed by atoms with van der Waals surface area (Å²) in [4.78, 5) is 31.7. The van der Waals surface area contributed by atoms with Gasteiger partial charge in [-0.25, -0.2) is 14.4 Å². The van der Waals surface area contributed by atoms with E-state index in [9.17, 15) is 9.18 Å². The van der Waals surface area contributed by atoms with Crippen LogP contribution in [0.1, 0.15) is 39.4 Å². The number of rotatable bonds is 12. The van der Waals surface area contributed by atoms with Crippen LogP contribution in [0.5, 0.6) is 5.75 Å². The van der Waals surface area contributed by atoms with Crippen molar-refractivity contribution in [3.8, 4) is 17.1 Å². The van der Waals surface area contributed by atoms with Crippen LogP contribution in [0.3, 0.4) is 0 Å². The van der Waals surface area contributed by atoms with Crippen molar-refractivity contribution >= 4 is 39.0 Å². The predicted molar refractivity (Wildman–Crippen MR) is 147 cm³/mol. The van der Waals surface area contributed by atoms with Crippen LogP contribution < -0.4 is 15.6 Å². The molecule has 196 valence electrons. The van der Waals surface area contributed by atoms with Crippen LogP contribution in [0.4, 0.5) is 9.52 Å². The molecule has 0 saturated heterocycles. The Morgan fingerprint density at radius 2 is 2.05 bits per heavy atom. The minimum Gasteiger partial charge on any atom is -0.486 e. The number of benzene rings is 1. The number of aromatic nitrogens is 4. The number of nitrogens with zero attached hydrogens (tertiary/aromatic N) is 4. The number of fused-ring (bicyclic) bond motifs is 1. The zero-order valence-corrected chi connectivity index (χ0v) is 22.6. The van der Waals surface area contributed by atoms with Gasteiger partial charge in [0.2, 0.25) is 0 Å². The summed E-state index contributed by atoms with van der Waals surface area (Å²) in [5.41, 5.74) is 1.29. The van der Waals surface area contributed by atoms with Crippen molar-refractivity contribution < 1.29 is 9.13 Å². The van der Waals surface area contributed by atoms with Gasteiger partial charge in [0.05, 0.1) is 10.4 Å². The second kappa shape index (κ2) is 12.4. The summed E-state index contributed by atoms with van der Waals surface area (Å²) in [6.07, 6.45) is 3.73.